The van der Waals surface area contributed by atoms with E-state index < -0.39 is 0 Å². The van der Waals surface area contributed by atoms with Gasteiger partial charge >= 0.3 is 0 Å². The second-order valence-electron chi connectivity index (χ2n) is 14.6. The molecule has 0 saturated carbocycles. The van der Waals surface area contributed by atoms with Crippen LogP contribution < -0.4 is 16.4 Å². The normalized spacial score (nSPS) is 17.1. The largest absolute Gasteiger partial charge is 0.374 e. The van der Waals surface area contributed by atoms with Crippen LogP contribution in [0.1, 0.15) is 102 Å². The Balaban J connectivity index is 0.000000710. The third-order valence-electron chi connectivity index (χ3n) is 8.79. The van der Waals surface area contributed by atoms with Gasteiger partial charge in [0, 0.05) is 30.4 Å². The van der Waals surface area contributed by atoms with Crippen molar-refractivity contribution in [2.45, 2.75) is 105 Å². The molecule has 2 fully saturated rings. The molecule has 0 bridgehead atoms. The number of carbonyl (C=O) groups excluding carboxylic acids is 2. The minimum absolute atomic E-state index is 0.192. The molecule has 0 aliphatic carbocycles. The zero-order valence-corrected chi connectivity index (χ0v) is 30.7. The number of nitrogens with one attached hydrogen (secondary N) is 2. The lowest BCUT2D eigenvalue weighted by Crippen LogP contribution is -2.47. The van der Waals surface area contributed by atoms with Crippen molar-refractivity contribution in [1.82, 2.24) is 24.8 Å². The van der Waals surface area contributed by atoms with Gasteiger partial charge in [0.1, 0.15) is 12.4 Å². The van der Waals surface area contributed by atoms with E-state index in [-0.39, 0.29) is 17.9 Å². The molecule has 4 heterocycles. The third-order valence-corrected chi connectivity index (χ3v) is 8.79. The standard InChI is InChI=1S/C33H39N7O2.C5H12.C2H6/c1-22-17-26(4-5-27(22)19-34)32-30-18-23(20-40(30)36-21-35-32)3-2-14-39-15-12-25(13-16-39)24-6-8-28(9-7-24)37-29-10-11-31(41)38-33(29)42;1-5(2,3)4;1-2/h4-9,17-18,20-21,25,29,37H,2-3,10-16,19,34H2,1H3,(H,38,41,42);1-4H3;1-2H3. The molecule has 2 aromatic carbocycles. The molecule has 9 heteroatoms. The third kappa shape index (κ3) is 11.0. The minimum atomic E-state index is -0.352. The predicted octanol–water partition coefficient (Wildman–Crippen LogP) is 7.27. The van der Waals surface area contributed by atoms with Crippen LogP contribution in [0, 0.1) is 12.3 Å². The Hall–Kier alpha value is -4.08. The molecule has 6 rings (SSSR count). The summed E-state index contributed by atoms with van der Waals surface area (Å²) in [5.41, 5.74) is 15.3. The second kappa shape index (κ2) is 17.5. The predicted molar refractivity (Wildman–Crippen MR) is 201 cm³/mol. The number of piperidine rings is 2. The number of imide groups is 1. The average Bonchev–Trinajstić information content (AvgIpc) is 3.50. The van der Waals surface area contributed by atoms with E-state index in [1.54, 1.807) is 6.33 Å². The number of anilines is 1. The molecule has 49 heavy (non-hydrogen) atoms. The van der Waals surface area contributed by atoms with Crippen LogP contribution in [0.4, 0.5) is 5.69 Å². The average molecular weight is 668 g/mol. The molecule has 264 valence electrons. The van der Waals surface area contributed by atoms with E-state index in [1.165, 1.54) is 16.7 Å². The number of aryl methyl sites for hydroxylation is 2. The lowest BCUT2D eigenvalue weighted by Gasteiger charge is -2.32. The fourth-order valence-electron chi connectivity index (χ4n) is 6.30. The van der Waals surface area contributed by atoms with Crippen LogP contribution in [-0.4, -0.2) is 57.0 Å². The Bertz CT molecular complexity index is 1660. The van der Waals surface area contributed by atoms with Gasteiger partial charge in [0.05, 0.1) is 11.2 Å². The zero-order valence-electron chi connectivity index (χ0n) is 30.7. The highest BCUT2D eigenvalue weighted by atomic mass is 16.2. The van der Waals surface area contributed by atoms with Crippen molar-refractivity contribution in [1.29, 1.82) is 0 Å². The molecule has 4 aromatic rings. The summed E-state index contributed by atoms with van der Waals surface area (Å²) >= 11 is 0. The number of nitrogens with two attached hydrogens (primary N) is 1. The van der Waals surface area contributed by atoms with Gasteiger partial charge in [-0.25, -0.2) is 9.50 Å². The van der Waals surface area contributed by atoms with E-state index in [0.29, 0.717) is 30.7 Å². The highest BCUT2D eigenvalue weighted by molar-refractivity contribution is 6.01. The first-order chi connectivity index (χ1) is 23.5. The minimum Gasteiger partial charge on any atom is -0.374 e. The number of nitrogens with zero attached hydrogens (tertiary/aromatic N) is 4. The number of amides is 2. The molecule has 1 unspecified atom stereocenters. The van der Waals surface area contributed by atoms with Gasteiger partial charge in [-0.15, -0.1) is 0 Å². The van der Waals surface area contributed by atoms with Crippen molar-refractivity contribution in [2.75, 3.05) is 25.0 Å². The molecule has 2 aromatic heterocycles. The fourth-order valence-corrected chi connectivity index (χ4v) is 6.30. The highest BCUT2D eigenvalue weighted by Crippen LogP contribution is 2.30. The fraction of sp³-hybridized carbons (Fsp3) is 0.500. The zero-order chi connectivity index (χ0) is 35.6. The highest BCUT2D eigenvalue weighted by Gasteiger charge is 2.26. The second-order valence-corrected chi connectivity index (χ2v) is 14.6. The van der Waals surface area contributed by atoms with Crippen molar-refractivity contribution in [3.63, 3.8) is 0 Å². The van der Waals surface area contributed by atoms with Gasteiger partial charge in [0.2, 0.25) is 11.8 Å². The lowest BCUT2D eigenvalue weighted by atomic mass is 9.89. The summed E-state index contributed by atoms with van der Waals surface area (Å²) < 4.78 is 1.95. The van der Waals surface area contributed by atoms with E-state index >= 15 is 0 Å². The van der Waals surface area contributed by atoms with E-state index in [4.69, 9.17) is 5.73 Å². The molecule has 2 amide bonds. The number of likely N-dealkylation sites (tertiary alicyclic amines) is 1. The van der Waals surface area contributed by atoms with E-state index in [0.717, 1.165) is 73.3 Å². The Kier molecular flexibility index (Phi) is 13.5. The molecule has 4 N–H and O–H groups in total. The SMILES string of the molecule is CC.CC(C)(C)C.Cc1cc(-c2ncnn3cc(CCCN4CCC(c5ccc(NC6CCC(=O)NC6=O)cc5)CC4)cc23)ccc1CN. The molecule has 1 atom stereocenters. The van der Waals surface area contributed by atoms with Crippen molar-refractivity contribution >= 4 is 23.0 Å². The Morgan fingerprint density at radius 2 is 1.67 bits per heavy atom. The summed E-state index contributed by atoms with van der Waals surface area (Å²) in [6, 6.07) is 16.7. The van der Waals surface area contributed by atoms with Gasteiger partial charge in [0.15, 0.2) is 0 Å². The van der Waals surface area contributed by atoms with Crippen molar-refractivity contribution in [3.05, 3.63) is 83.3 Å². The van der Waals surface area contributed by atoms with Crippen LogP contribution in [0.2, 0.25) is 0 Å². The number of rotatable bonds is 9. The molecule has 0 radical (unpaired) electrons. The number of benzene rings is 2. The first-order valence-electron chi connectivity index (χ1n) is 18.0. The topological polar surface area (TPSA) is 118 Å². The van der Waals surface area contributed by atoms with Crippen molar-refractivity contribution in [2.24, 2.45) is 11.1 Å². The van der Waals surface area contributed by atoms with E-state index in [9.17, 15) is 9.59 Å². The Morgan fingerprint density at radius 1 is 0.980 bits per heavy atom. The van der Waals surface area contributed by atoms with Crippen LogP contribution in [0.15, 0.2) is 61.1 Å². The van der Waals surface area contributed by atoms with Crippen molar-refractivity contribution < 1.29 is 9.59 Å². The maximum absolute atomic E-state index is 12.0. The van der Waals surface area contributed by atoms with Gasteiger partial charge < -0.3 is 16.0 Å². The molecular formula is C40H57N7O2. The van der Waals surface area contributed by atoms with Gasteiger partial charge in [-0.3, -0.25) is 14.9 Å². The summed E-state index contributed by atoms with van der Waals surface area (Å²) in [5.74, 6) is 0.125. The van der Waals surface area contributed by atoms with Crippen LogP contribution in [-0.2, 0) is 22.6 Å². The summed E-state index contributed by atoms with van der Waals surface area (Å²) in [5, 5.41) is 10.1. The van der Waals surface area contributed by atoms with E-state index in [2.05, 4.69) is 115 Å². The molecular weight excluding hydrogens is 610 g/mol. The van der Waals surface area contributed by atoms with Gasteiger partial charge in [-0.05, 0) is 117 Å². The van der Waals surface area contributed by atoms with Gasteiger partial charge in [-0.2, -0.15) is 5.10 Å². The summed E-state index contributed by atoms with van der Waals surface area (Å²) in [6.45, 7) is 18.7. The maximum atomic E-state index is 12.0. The van der Waals surface area contributed by atoms with Crippen molar-refractivity contribution in [3.8, 4) is 11.3 Å². The number of aromatic nitrogens is 3. The number of hydrogen-bond donors (Lipinski definition) is 3. The summed E-state index contributed by atoms with van der Waals surface area (Å²) in [6.07, 6.45) is 9.09. The smallest absolute Gasteiger partial charge is 0.249 e. The molecule has 2 saturated heterocycles. The lowest BCUT2D eigenvalue weighted by molar-refractivity contribution is -0.133. The first-order valence-corrected chi connectivity index (χ1v) is 18.0. The maximum Gasteiger partial charge on any atom is 0.249 e. The molecule has 0 spiro atoms. The first kappa shape index (κ1) is 37.7. The molecule has 2 aliphatic heterocycles. The number of hydrogen-bond acceptors (Lipinski definition) is 7. The number of fused-ring (bicyclic) bond motifs is 1. The summed E-state index contributed by atoms with van der Waals surface area (Å²) in [4.78, 5) is 30.6. The van der Waals surface area contributed by atoms with Crippen LogP contribution in [0.5, 0.6) is 0 Å². The van der Waals surface area contributed by atoms with Gasteiger partial charge in [0.25, 0.3) is 0 Å². The molecule has 2 aliphatic rings. The van der Waals surface area contributed by atoms with Gasteiger partial charge in [-0.1, -0.05) is 65.8 Å². The Labute approximate surface area is 293 Å². The van der Waals surface area contributed by atoms with Crippen LogP contribution in [0.25, 0.3) is 16.8 Å². The Morgan fingerprint density at radius 3 is 2.31 bits per heavy atom. The molecule has 9 nitrogen and oxygen atoms in total. The quantitative estimate of drug-likeness (QED) is 0.161. The van der Waals surface area contributed by atoms with E-state index in [1.807, 2.05) is 18.4 Å². The summed E-state index contributed by atoms with van der Waals surface area (Å²) in [7, 11) is 0. The number of carbonyl (C=O) groups is 2. The van der Waals surface area contributed by atoms with Crippen LogP contribution >= 0.6 is 0 Å². The van der Waals surface area contributed by atoms with Crippen LogP contribution in [0.3, 0.4) is 0 Å². The monoisotopic (exact) mass is 667 g/mol.